The van der Waals surface area contributed by atoms with Gasteiger partial charge in [-0.1, -0.05) is 12.1 Å². The second kappa shape index (κ2) is 5.72. The van der Waals surface area contributed by atoms with Gasteiger partial charge in [-0.2, -0.15) is 4.98 Å². The lowest BCUT2D eigenvalue weighted by molar-refractivity contribution is 0.114. The average molecular weight is 200 g/mol. The molecule has 80 valence electrons. The highest BCUT2D eigenvalue weighted by Crippen LogP contribution is 2.02. The summed E-state index contributed by atoms with van der Waals surface area (Å²) in [7, 11) is 0. The first-order chi connectivity index (χ1) is 6.72. The van der Waals surface area contributed by atoms with Gasteiger partial charge in [-0.25, -0.2) is 0 Å². The van der Waals surface area contributed by atoms with Crippen LogP contribution in [0.4, 0.5) is 0 Å². The second-order valence-electron chi connectivity index (χ2n) is 3.21. The smallest absolute Gasteiger partial charge is 0.229 e. The van der Waals surface area contributed by atoms with Crippen LogP contribution in [0, 0.1) is 0 Å². The predicted molar refractivity (Wildman–Crippen MR) is 49.6 cm³/mol. The average Bonchev–Trinajstić information content (AvgIpc) is 2.52. The zero-order chi connectivity index (χ0) is 10.4. The molecule has 1 heterocycles. The minimum Gasteiger partial charge on any atom is -0.393 e. The molecule has 0 aliphatic carbocycles. The third kappa shape index (κ3) is 3.85. The van der Waals surface area contributed by atoms with E-state index in [0.29, 0.717) is 31.3 Å². The van der Waals surface area contributed by atoms with E-state index in [-0.39, 0.29) is 0 Å². The molecule has 5 heteroatoms. The summed E-state index contributed by atoms with van der Waals surface area (Å²) in [5.74, 6) is 0.990. The number of rotatable bonds is 6. The molecule has 0 saturated heterocycles. The van der Waals surface area contributed by atoms with Gasteiger partial charge in [0.1, 0.15) is 6.61 Å². The van der Waals surface area contributed by atoms with Crippen molar-refractivity contribution in [1.82, 2.24) is 10.1 Å². The molecule has 1 rings (SSSR count). The fourth-order valence-corrected chi connectivity index (χ4v) is 0.992. The van der Waals surface area contributed by atoms with Crippen molar-refractivity contribution in [1.29, 1.82) is 0 Å². The molecule has 14 heavy (non-hydrogen) atoms. The Morgan fingerprint density at radius 3 is 3.00 bits per heavy atom. The van der Waals surface area contributed by atoms with Gasteiger partial charge in [0.25, 0.3) is 0 Å². The van der Waals surface area contributed by atoms with Crippen molar-refractivity contribution in [2.45, 2.75) is 39.4 Å². The predicted octanol–water partition coefficient (Wildman–Crippen LogP) is 0.919. The van der Waals surface area contributed by atoms with E-state index >= 15 is 0 Å². The van der Waals surface area contributed by atoms with Gasteiger partial charge < -0.3 is 14.4 Å². The van der Waals surface area contributed by atoms with Crippen LogP contribution in [0.1, 0.15) is 32.0 Å². The summed E-state index contributed by atoms with van der Waals surface area (Å²) in [5.41, 5.74) is 0. The van der Waals surface area contributed by atoms with Gasteiger partial charge in [-0.05, 0) is 13.3 Å². The third-order valence-electron chi connectivity index (χ3n) is 1.56. The maximum Gasteiger partial charge on any atom is 0.229 e. The Kier molecular flexibility index (Phi) is 4.55. The van der Waals surface area contributed by atoms with Crippen LogP contribution in [-0.2, 0) is 17.8 Å². The molecular formula is C9H16N2O3. The van der Waals surface area contributed by atoms with E-state index in [1.54, 1.807) is 6.92 Å². The first kappa shape index (κ1) is 11.1. The molecule has 1 aromatic rings. The van der Waals surface area contributed by atoms with Gasteiger partial charge in [0, 0.05) is 6.61 Å². The van der Waals surface area contributed by atoms with Gasteiger partial charge in [0.2, 0.25) is 5.89 Å². The van der Waals surface area contributed by atoms with Gasteiger partial charge in [-0.3, -0.25) is 0 Å². The molecule has 5 nitrogen and oxygen atoms in total. The van der Waals surface area contributed by atoms with Crippen LogP contribution >= 0.6 is 0 Å². The van der Waals surface area contributed by atoms with E-state index in [1.807, 2.05) is 6.92 Å². The molecule has 0 aromatic carbocycles. The van der Waals surface area contributed by atoms with E-state index in [9.17, 15) is 0 Å². The SMILES string of the molecule is CCCOCc1noc(CC(C)O)n1. The van der Waals surface area contributed by atoms with E-state index in [2.05, 4.69) is 10.1 Å². The second-order valence-corrected chi connectivity index (χ2v) is 3.21. The van der Waals surface area contributed by atoms with Crippen LogP contribution in [0.25, 0.3) is 0 Å². The summed E-state index contributed by atoms with van der Waals surface area (Å²) >= 11 is 0. The molecule has 1 atom stereocenters. The van der Waals surface area contributed by atoms with Gasteiger partial charge in [0.05, 0.1) is 12.5 Å². The highest BCUT2D eigenvalue weighted by molar-refractivity contribution is 4.85. The molecule has 0 amide bonds. The maximum atomic E-state index is 9.07. The van der Waals surface area contributed by atoms with Crippen LogP contribution in [0.3, 0.4) is 0 Å². The van der Waals surface area contributed by atoms with Gasteiger partial charge in [-0.15, -0.1) is 0 Å². The summed E-state index contributed by atoms with van der Waals surface area (Å²) in [6.07, 6.45) is 0.902. The summed E-state index contributed by atoms with van der Waals surface area (Å²) in [4.78, 5) is 4.06. The topological polar surface area (TPSA) is 68.4 Å². The molecule has 0 bridgehead atoms. The Bertz CT molecular complexity index is 260. The number of nitrogens with zero attached hydrogens (tertiary/aromatic N) is 2. The Hall–Kier alpha value is -0.940. The van der Waals surface area contributed by atoms with Crippen molar-refractivity contribution in [3.8, 4) is 0 Å². The molecular weight excluding hydrogens is 184 g/mol. The number of aromatic nitrogens is 2. The lowest BCUT2D eigenvalue weighted by Gasteiger charge is -1.96. The zero-order valence-electron chi connectivity index (χ0n) is 8.56. The Morgan fingerprint density at radius 2 is 2.36 bits per heavy atom. The highest BCUT2D eigenvalue weighted by Gasteiger charge is 2.08. The molecule has 0 aliphatic heterocycles. The van der Waals surface area contributed by atoms with Crippen LogP contribution < -0.4 is 0 Å². The fourth-order valence-electron chi connectivity index (χ4n) is 0.992. The quantitative estimate of drug-likeness (QED) is 0.691. The molecule has 1 unspecified atom stereocenters. The lowest BCUT2D eigenvalue weighted by Crippen LogP contribution is -2.04. The number of ether oxygens (including phenoxy) is 1. The van der Waals surface area contributed by atoms with Crippen molar-refractivity contribution in [2.75, 3.05) is 6.61 Å². The largest absolute Gasteiger partial charge is 0.393 e. The minimum atomic E-state index is -0.458. The standard InChI is InChI=1S/C9H16N2O3/c1-3-4-13-6-8-10-9(14-11-8)5-7(2)12/h7,12H,3-6H2,1-2H3. The van der Waals surface area contributed by atoms with E-state index < -0.39 is 6.10 Å². The minimum absolute atomic E-state index is 0.372. The molecule has 0 saturated carbocycles. The number of hydrogen-bond donors (Lipinski definition) is 1. The van der Waals surface area contributed by atoms with E-state index in [4.69, 9.17) is 14.4 Å². The Balaban J connectivity index is 2.35. The molecule has 0 radical (unpaired) electrons. The van der Waals surface area contributed by atoms with Crippen molar-refractivity contribution < 1.29 is 14.4 Å². The van der Waals surface area contributed by atoms with Crippen LogP contribution in [0.2, 0.25) is 0 Å². The van der Waals surface area contributed by atoms with Gasteiger partial charge >= 0.3 is 0 Å². The van der Waals surface area contributed by atoms with Crippen LogP contribution in [0.5, 0.6) is 0 Å². The molecule has 1 N–H and O–H groups in total. The summed E-state index contributed by atoms with van der Waals surface area (Å²) in [5, 5.41) is 12.8. The molecule has 0 spiro atoms. The van der Waals surface area contributed by atoms with Crippen LogP contribution in [-0.4, -0.2) is 28.0 Å². The van der Waals surface area contributed by atoms with Crippen molar-refractivity contribution >= 4 is 0 Å². The first-order valence-corrected chi connectivity index (χ1v) is 4.79. The fraction of sp³-hybridized carbons (Fsp3) is 0.778. The molecule has 0 aliphatic rings. The van der Waals surface area contributed by atoms with Crippen molar-refractivity contribution in [3.05, 3.63) is 11.7 Å². The number of aliphatic hydroxyl groups excluding tert-OH is 1. The monoisotopic (exact) mass is 200 g/mol. The lowest BCUT2D eigenvalue weighted by atomic mass is 10.3. The zero-order valence-corrected chi connectivity index (χ0v) is 8.56. The molecule has 0 fully saturated rings. The molecule has 1 aromatic heterocycles. The van der Waals surface area contributed by atoms with Crippen molar-refractivity contribution in [2.24, 2.45) is 0 Å². The highest BCUT2D eigenvalue weighted by atomic mass is 16.5. The summed E-state index contributed by atoms with van der Waals surface area (Å²) in [6, 6.07) is 0. The number of hydrogen-bond acceptors (Lipinski definition) is 5. The first-order valence-electron chi connectivity index (χ1n) is 4.79. The summed E-state index contributed by atoms with van der Waals surface area (Å²) in [6.45, 7) is 4.78. The maximum absolute atomic E-state index is 9.07. The van der Waals surface area contributed by atoms with Crippen LogP contribution in [0.15, 0.2) is 4.52 Å². The van der Waals surface area contributed by atoms with E-state index in [1.165, 1.54) is 0 Å². The third-order valence-corrected chi connectivity index (χ3v) is 1.56. The van der Waals surface area contributed by atoms with Crippen molar-refractivity contribution in [3.63, 3.8) is 0 Å². The number of aliphatic hydroxyl groups is 1. The van der Waals surface area contributed by atoms with E-state index in [0.717, 1.165) is 6.42 Å². The normalized spacial score (nSPS) is 13.1. The Labute approximate surface area is 83.1 Å². The van der Waals surface area contributed by atoms with Gasteiger partial charge in [0.15, 0.2) is 5.82 Å². The Morgan fingerprint density at radius 1 is 1.57 bits per heavy atom. The summed E-state index contributed by atoms with van der Waals surface area (Å²) < 4.78 is 10.1.